The fourth-order valence-corrected chi connectivity index (χ4v) is 2.73. The predicted octanol–water partition coefficient (Wildman–Crippen LogP) is 2.87. The molecule has 0 bridgehead atoms. The molecule has 0 aromatic rings. The molecule has 96 valence electrons. The number of nitrogens with zero attached hydrogens (tertiary/aromatic N) is 1. The van der Waals surface area contributed by atoms with Gasteiger partial charge >= 0.3 is 0 Å². The maximum Gasteiger partial charge on any atom is -0.00160 e. The second kappa shape index (κ2) is 8.08. The quantitative estimate of drug-likeness (QED) is 0.706. The van der Waals surface area contributed by atoms with Gasteiger partial charge in [0.2, 0.25) is 0 Å². The molecule has 1 unspecified atom stereocenters. The zero-order valence-corrected chi connectivity index (χ0v) is 11.3. The van der Waals surface area contributed by atoms with E-state index in [1.807, 2.05) is 0 Å². The van der Waals surface area contributed by atoms with Gasteiger partial charge < -0.3 is 10.6 Å². The molecule has 0 aliphatic carbocycles. The summed E-state index contributed by atoms with van der Waals surface area (Å²) < 4.78 is 0. The van der Waals surface area contributed by atoms with Gasteiger partial charge in [0.1, 0.15) is 0 Å². The van der Waals surface area contributed by atoms with E-state index < -0.39 is 0 Å². The van der Waals surface area contributed by atoms with Crippen LogP contribution in [-0.2, 0) is 0 Å². The Kier molecular flexibility index (Phi) is 7.06. The van der Waals surface area contributed by atoms with Crippen LogP contribution in [0.1, 0.15) is 52.4 Å². The summed E-state index contributed by atoms with van der Waals surface area (Å²) in [5.41, 5.74) is 5.51. The molecule has 0 spiro atoms. The van der Waals surface area contributed by atoms with Crippen LogP contribution in [0.15, 0.2) is 0 Å². The summed E-state index contributed by atoms with van der Waals surface area (Å²) >= 11 is 0. The van der Waals surface area contributed by atoms with Crippen LogP contribution in [0, 0.1) is 11.8 Å². The first-order chi connectivity index (χ1) is 7.74. The molecule has 1 fully saturated rings. The van der Waals surface area contributed by atoms with Gasteiger partial charge in [-0.15, -0.1) is 0 Å². The average molecular weight is 226 g/mol. The Labute approximate surface area is 102 Å². The third-order valence-electron chi connectivity index (χ3n) is 3.99. The molecule has 1 heterocycles. The van der Waals surface area contributed by atoms with Gasteiger partial charge in [0, 0.05) is 0 Å². The number of nitrogens with two attached hydrogens (primary N) is 1. The summed E-state index contributed by atoms with van der Waals surface area (Å²) in [6.45, 7) is 9.56. The summed E-state index contributed by atoms with van der Waals surface area (Å²) in [6.07, 6.45) is 8.10. The summed E-state index contributed by atoms with van der Waals surface area (Å²) in [7, 11) is 0. The number of unbranched alkanes of at least 4 members (excludes halogenated alkanes) is 2. The number of rotatable bonds is 6. The summed E-state index contributed by atoms with van der Waals surface area (Å²) in [6, 6.07) is 0. The Morgan fingerprint density at radius 3 is 2.62 bits per heavy atom. The third-order valence-corrected chi connectivity index (χ3v) is 3.99. The molecular formula is C14H30N2. The third kappa shape index (κ3) is 5.31. The molecule has 2 nitrogen and oxygen atoms in total. The van der Waals surface area contributed by atoms with Crippen molar-refractivity contribution in [3.8, 4) is 0 Å². The van der Waals surface area contributed by atoms with Crippen LogP contribution < -0.4 is 5.73 Å². The normalized spacial score (nSPS) is 23.6. The molecule has 0 radical (unpaired) electrons. The Morgan fingerprint density at radius 2 is 1.94 bits per heavy atom. The van der Waals surface area contributed by atoms with E-state index in [4.69, 9.17) is 5.73 Å². The second-order valence-corrected chi connectivity index (χ2v) is 5.63. The van der Waals surface area contributed by atoms with Crippen LogP contribution in [0.25, 0.3) is 0 Å². The average Bonchev–Trinajstić information content (AvgIpc) is 2.50. The highest BCUT2D eigenvalue weighted by atomic mass is 15.1. The van der Waals surface area contributed by atoms with E-state index in [1.54, 1.807) is 0 Å². The lowest BCUT2D eigenvalue weighted by Gasteiger charge is -2.21. The maximum atomic E-state index is 5.51. The van der Waals surface area contributed by atoms with Crippen molar-refractivity contribution in [2.75, 3.05) is 26.2 Å². The molecule has 1 saturated heterocycles. The van der Waals surface area contributed by atoms with Crippen LogP contribution >= 0.6 is 0 Å². The van der Waals surface area contributed by atoms with Gasteiger partial charge in [-0.2, -0.15) is 0 Å². The van der Waals surface area contributed by atoms with E-state index in [0.29, 0.717) is 0 Å². The lowest BCUT2D eigenvalue weighted by Crippen LogP contribution is -2.26. The minimum Gasteiger partial charge on any atom is -0.330 e. The highest BCUT2D eigenvalue weighted by molar-refractivity contribution is 4.72. The van der Waals surface area contributed by atoms with Gasteiger partial charge in [0.25, 0.3) is 0 Å². The first-order valence-corrected chi connectivity index (χ1v) is 7.16. The molecule has 1 atom stereocenters. The first kappa shape index (κ1) is 14.0. The number of hydrogen-bond donors (Lipinski definition) is 1. The number of likely N-dealkylation sites (tertiary alicyclic amines) is 1. The van der Waals surface area contributed by atoms with Gasteiger partial charge in [-0.05, 0) is 70.1 Å². The highest BCUT2D eigenvalue weighted by Gasteiger charge is 2.18. The largest absolute Gasteiger partial charge is 0.330 e. The van der Waals surface area contributed by atoms with Crippen LogP contribution in [-0.4, -0.2) is 31.1 Å². The lowest BCUT2D eigenvalue weighted by molar-refractivity contribution is 0.266. The van der Waals surface area contributed by atoms with Gasteiger partial charge in [0.15, 0.2) is 0 Å². The smallest absolute Gasteiger partial charge is 0.00160 e. The van der Waals surface area contributed by atoms with E-state index in [-0.39, 0.29) is 0 Å². The zero-order chi connectivity index (χ0) is 11.8. The molecule has 0 aromatic heterocycles. The molecule has 16 heavy (non-hydrogen) atoms. The fraction of sp³-hybridized carbons (Fsp3) is 1.00. The minimum absolute atomic E-state index is 0.857. The van der Waals surface area contributed by atoms with E-state index in [9.17, 15) is 0 Å². The maximum absolute atomic E-state index is 5.51. The van der Waals surface area contributed by atoms with Crippen LogP contribution in [0.5, 0.6) is 0 Å². The van der Waals surface area contributed by atoms with E-state index >= 15 is 0 Å². The van der Waals surface area contributed by atoms with Crippen molar-refractivity contribution in [2.45, 2.75) is 52.4 Å². The molecule has 0 amide bonds. The second-order valence-electron chi connectivity index (χ2n) is 5.63. The van der Waals surface area contributed by atoms with Crippen molar-refractivity contribution >= 4 is 0 Å². The van der Waals surface area contributed by atoms with Crippen LogP contribution in [0.3, 0.4) is 0 Å². The van der Waals surface area contributed by atoms with E-state index in [1.165, 1.54) is 58.2 Å². The van der Waals surface area contributed by atoms with Crippen molar-refractivity contribution in [1.82, 2.24) is 4.90 Å². The summed E-state index contributed by atoms with van der Waals surface area (Å²) in [5, 5.41) is 0. The molecule has 0 aromatic carbocycles. The molecule has 1 aliphatic rings. The van der Waals surface area contributed by atoms with Gasteiger partial charge in [-0.1, -0.05) is 20.3 Å². The standard InChI is InChI=1S/C14H30N2/c1-13(2)14-7-6-11-16(12-8-14)10-5-3-4-9-15/h13-14H,3-12,15H2,1-2H3. The molecule has 2 N–H and O–H groups in total. The monoisotopic (exact) mass is 226 g/mol. The van der Waals surface area contributed by atoms with Crippen molar-refractivity contribution in [3.63, 3.8) is 0 Å². The van der Waals surface area contributed by atoms with Gasteiger partial charge in [-0.3, -0.25) is 0 Å². The van der Waals surface area contributed by atoms with Crippen molar-refractivity contribution in [3.05, 3.63) is 0 Å². The molecule has 1 aliphatic heterocycles. The summed E-state index contributed by atoms with van der Waals surface area (Å²) in [5.74, 6) is 1.84. The fourth-order valence-electron chi connectivity index (χ4n) is 2.73. The van der Waals surface area contributed by atoms with E-state index in [0.717, 1.165) is 18.4 Å². The Hall–Kier alpha value is -0.0800. The molecule has 0 saturated carbocycles. The molecular weight excluding hydrogens is 196 g/mol. The SMILES string of the molecule is CC(C)C1CCCN(CCCCCN)CC1. The highest BCUT2D eigenvalue weighted by Crippen LogP contribution is 2.24. The van der Waals surface area contributed by atoms with Crippen LogP contribution in [0.2, 0.25) is 0 Å². The van der Waals surface area contributed by atoms with Crippen molar-refractivity contribution in [2.24, 2.45) is 17.6 Å². The first-order valence-electron chi connectivity index (χ1n) is 7.16. The minimum atomic E-state index is 0.857. The zero-order valence-electron chi connectivity index (χ0n) is 11.3. The lowest BCUT2D eigenvalue weighted by atomic mass is 9.89. The Balaban J connectivity index is 2.15. The molecule has 1 rings (SSSR count). The topological polar surface area (TPSA) is 29.3 Å². The Bertz CT molecular complexity index is 168. The Morgan fingerprint density at radius 1 is 1.12 bits per heavy atom. The van der Waals surface area contributed by atoms with Crippen LogP contribution in [0.4, 0.5) is 0 Å². The number of hydrogen-bond acceptors (Lipinski definition) is 2. The van der Waals surface area contributed by atoms with Crippen molar-refractivity contribution < 1.29 is 0 Å². The molecule has 2 heteroatoms. The predicted molar refractivity (Wildman–Crippen MR) is 71.5 cm³/mol. The van der Waals surface area contributed by atoms with Gasteiger partial charge in [-0.25, -0.2) is 0 Å². The van der Waals surface area contributed by atoms with Gasteiger partial charge in [0.05, 0.1) is 0 Å². The van der Waals surface area contributed by atoms with E-state index in [2.05, 4.69) is 18.7 Å². The summed E-state index contributed by atoms with van der Waals surface area (Å²) in [4.78, 5) is 2.67. The van der Waals surface area contributed by atoms with Crippen molar-refractivity contribution in [1.29, 1.82) is 0 Å².